The second-order valence-electron chi connectivity index (χ2n) is 15.4. The Balaban J connectivity index is 2.10. The van der Waals surface area contributed by atoms with Crippen molar-refractivity contribution in [2.75, 3.05) is 41.4 Å². The third kappa shape index (κ3) is 10.1. The highest BCUT2D eigenvalue weighted by Crippen LogP contribution is 2.39. The van der Waals surface area contributed by atoms with Crippen molar-refractivity contribution in [1.82, 2.24) is 9.80 Å². The molecule has 3 heterocycles. The summed E-state index contributed by atoms with van der Waals surface area (Å²) in [6.07, 6.45) is -11.1. The van der Waals surface area contributed by atoms with Gasteiger partial charge in [0, 0.05) is 38.1 Å². The third-order valence-electron chi connectivity index (χ3n) is 10.9. The smallest absolute Gasteiger partial charge is 0.311 e. The van der Waals surface area contributed by atoms with Crippen molar-refractivity contribution in [1.29, 1.82) is 0 Å². The van der Waals surface area contributed by atoms with E-state index in [1.807, 2.05) is 32.8 Å². The van der Waals surface area contributed by atoms with Crippen molar-refractivity contribution < 1.29 is 63.9 Å². The van der Waals surface area contributed by atoms with Gasteiger partial charge in [0.25, 0.3) is 0 Å². The largest absolute Gasteiger partial charge is 0.463 e. The third-order valence-corrected chi connectivity index (χ3v) is 10.9. The van der Waals surface area contributed by atoms with Crippen molar-refractivity contribution in [3.63, 3.8) is 0 Å². The minimum absolute atomic E-state index is 0.0551. The number of aliphatic hydroxyl groups excluding tert-OH is 5. The molecular formula is C34H64N2O13. The Bertz CT molecular complexity index is 1050. The van der Waals surface area contributed by atoms with Crippen LogP contribution in [0.15, 0.2) is 0 Å². The molecule has 2 unspecified atom stereocenters. The van der Waals surface area contributed by atoms with Gasteiger partial charge >= 0.3 is 5.97 Å². The highest BCUT2D eigenvalue weighted by Gasteiger charge is 2.51. The van der Waals surface area contributed by atoms with Crippen LogP contribution < -0.4 is 0 Å². The van der Waals surface area contributed by atoms with Crippen molar-refractivity contribution in [3.05, 3.63) is 0 Å². The van der Waals surface area contributed by atoms with E-state index in [0.717, 1.165) is 0 Å². The summed E-state index contributed by atoms with van der Waals surface area (Å²) in [5, 5.41) is 66.5. The fourth-order valence-electron chi connectivity index (χ4n) is 7.52. The number of hydrogen-bond acceptors (Lipinski definition) is 15. The van der Waals surface area contributed by atoms with Crippen LogP contribution in [0.4, 0.5) is 0 Å². The van der Waals surface area contributed by atoms with Gasteiger partial charge in [-0.15, -0.1) is 0 Å². The summed E-state index contributed by atoms with van der Waals surface area (Å²) in [7, 11) is 6.92. The van der Waals surface area contributed by atoms with Crippen LogP contribution in [0.1, 0.15) is 67.7 Å². The average Bonchev–Trinajstić information content (AvgIpc) is 3.02. The van der Waals surface area contributed by atoms with Gasteiger partial charge < -0.3 is 68.9 Å². The number of hydrogen-bond donors (Lipinski definition) is 6. The average molecular weight is 709 g/mol. The molecule has 0 aromatic heterocycles. The molecule has 0 radical (unpaired) electrons. The van der Waals surface area contributed by atoms with Crippen LogP contribution in [0, 0.1) is 11.8 Å². The first kappa shape index (κ1) is 42.4. The highest BCUT2D eigenvalue weighted by atomic mass is 16.7. The van der Waals surface area contributed by atoms with Crippen LogP contribution in [-0.2, 0) is 33.2 Å². The summed E-state index contributed by atoms with van der Waals surface area (Å²) in [6.45, 7) is 11.5. The summed E-state index contributed by atoms with van der Waals surface area (Å²) in [6, 6.07) is -0.680. The van der Waals surface area contributed by atoms with Gasteiger partial charge in [-0.05, 0) is 75.5 Å². The first-order valence-corrected chi connectivity index (χ1v) is 17.5. The molecular weight excluding hydrogens is 644 g/mol. The lowest BCUT2D eigenvalue weighted by Crippen LogP contribution is -2.60. The molecule has 0 aliphatic carbocycles. The van der Waals surface area contributed by atoms with E-state index in [1.165, 1.54) is 7.11 Å². The van der Waals surface area contributed by atoms with Crippen LogP contribution in [0.3, 0.4) is 0 Å². The normalized spacial score (nSPS) is 48.9. The zero-order chi connectivity index (χ0) is 37.2. The summed E-state index contributed by atoms with van der Waals surface area (Å²) < 4.78 is 36.5. The molecule has 3 saturated heterocycles. The predicted molar refractivity (Wildman–Crippen MR) is 177 cm³/mol. The quantitative estimate of drug-likeness (QED) is 0.192. The molecule has 0 saturated carbocycles. The molecule has 17 atom stereocenters. The standard InChI is InChI=1S/C34H64N2O13/c1-17-13-33(6,43)30(49-32-26(39)22(35(8)9)12-18(2)46-32)19(3)28(48-25-14-34(7,44-11)29(41)21(5)47-25)20(4)31(42)45-16-24(38)27(40)23(37)15-36(17)10/h17-30,32,37-41,43H,12-16H2,1-11H3/t17-,18-,19?,20-,21+,22+,23+,24-,25+,26-,27-,28?,29+,30-,32+,33-,34-/m1/s1. The molecule has 0 aromatic carbocycles. The maximum atomic E-state index is 13.6. The Kier molecular flexibility index (Phi) is 14.9. The highest BCUT2D eigenvalue weighted by molar-refractivity contribution is 5.72. The number of esters is 1. The van der Waals surface area contributed by atoms with Gasteiger partial charge in [0.2, 0.25) is 0 Å². The van der Waals surface area contributed by atoms with E-state index in [-0.39, 0.29) is 37.6 Å². The van der Waals surface area contributed by atoms with Gasteiger partial charge in [-0.1, -0.05) is 6.92 Å². The number of nitrogens with zero attached hydrogens (tertiary/aromatic N) is 2. The Labute approximate surface area is 291 Å². The van der Waals surface area contributed by atoms with Gasteiger partial charge in [-0.3, -0.25) is 4.79 Å². The molecule has 3 aliphatic heterocycles. The Hall–Kier alpha value is -1.05. The fraction of sp³-hybridized carbons (Fsp3) is 0.971. The van der Waals surface area contributed by atoms with Gasteiger partial charge in [-0.25, -0.2) is 0 Å². The maximum Gasteiger partial charge on any atom is 0.311 e. The van der Waals surface area contributed by atoms with E-state index in [4.69, 9.17) is 28.4 Å². The molecule has 288 valence electrons. The summed E-state index contributed by atoms with van der Waals surface area (Å²) in [5.41, 5.74) is -2.67. The molecule has 3 aliphatic rings. The van der Waals surface area contributed by atoms with E-state index in [9.17, 15) is 35.4 Å². The lowest BCUT2D eigenvalue weighted by Gasteiger charge is -2.49. The molecule has 15 nitrogen and oxygen atoms in total. The van der Waals surface area contributed by atoms with E-state index < -0.39 is 97.0 Å². The number of methoxy groups -OCH3 is 1. The fourth-order valence-corrected chi connectivity index (χ4v) is 7.52. The number of cyclic esters (lactones) is 1. The van der Waals surface area contributed by atoms with E-state index in [2.05, 4.69) is 0 Å². The molecule has 3 rings (SSSR count). The molecule has 0 amide bonds. The van der Waals surface area contributed by atoms with Crippen molar-refractivity contribution in [2.24, 2.45) is 11.8 Å². The van der Waals surface area contributed by atoms with Crippen LogP contribution in [-0.4, -0.2) is 179 Å². The number of likely N-dealkylation sites (N-methyl/N-ethyl adjacent to an activating group) is 2. The van der Waals surface area contributed by atoms with E-state index in [1.54, 1.807) is 46.6 Å². The van der Waals surface area contributed by atoms with Crippen LogP contribution in [0.25, 0.3) is 0 Å². The van der Waals surface area contributed by atoms with Gasteiger partial charge in [0.05, 0.1) is 47.6 Å². The molecule has 15 heteroatoms. The van der Waals surface area contributed by atoms with Crippen molar-refractivity contribution in [2.45, 2.75) is 159 Å². The molecule has 6 N–H and O–H groups in total. The van der Waals surface area contributed by atoms with Crippen molar-refractivity contribution >= 4 is 5.97 Å². The zero-order valence-corrected chi connectivity index (χ0v) is 31.1. The summed E-state index contributed by atoms with van der Waals surface area (Å²) >= 11 is 0. The predicted octanol–water partition coefficient (Wildman–Crippen LogP) is -0.543. The number of carbonyl (C=O) groups excluding carboxylic acids is 1. The lowest BCUT2D eigenvalue weighted by atomic mass is 9.78. The lowest BCUT2D eigenvalue weighted by molar-refractivity contribution is -0.317. The minimum Gasteiger partial charge on any atom is -0.463 e. The maximum absolute atomic E-state index is 13.6. The van der Waals surface area contributed by atoms with E-state index in [0.29, 0.717) is 6.42 Å². The number of aliphatic hydroxyl groups is 6. The SMILES string of the molecule is CO[C@]1(C)C[C@H](OC2C(C)[C@@H](O[C@@H]3O[C@H](C)C[C@H](N(C)C)[C@H]3O)[C@](C)(O)C[C@@H](C)N(C)C[C@H](O)[C@@H](O)[C@H](O)COC(=O)[C@@H]2C)O[C@@H](C)[C@@H]1O. The van der Waals surface area contributed by atoms with Crippen LogP contribution in [0.2, 0.25) is 0 Å². The Morgan fingerprint density at radius 3 is 2.14 bits per heavy atom. The second-order valence-corrected chi connectivity index (χ2v) is 15.4. The number of β-amino-alcohol motifs (C(OH)–C–C–N with tert-alkyl or cyclic N) is 1. The molecule has 49 heavy (non-hydrogen) atoms. The number of rotatable bonds is 6. The Morgan fingerprint density at radius 1 is 0.918 bits per heavy atom. The molecule has 0 aromatic rings. The monoisotopic (exact) mass is 708 g/mol. The molecule has 0 spiro atoms. The minimum atomic E-state index is -1.64. The van der Waals surface area contributed by atoms with Crippen LogP contribution >= 0.6 is 0 Å². The van der Waals surface area contributed by atoms with E-state index >= 15 is 0 Å². The molecule has 3 fully saturated rings. The molecule has 0 bridgehead atoms. The summed E-state index contributed by atoms with van der Waals surface area (Å²) in [5.74, 6) is -2.60. The van der Waals surface area contributed by atoms with Gasteiger partial charge in [0.15, 0.2) is 12.6 Å². The first-order chi connectivity index (χ1) is 22.6. The summed E-state index contributed by atoms with van der Waals surface area (Å²) in [4.78, 5) is 17.3. The van der Waals surface area contributed by atoms with Crippen LogP contribution in [0.5, 0.6) is 0 Å². The van der Waals surface area contributed by atoms with Gasteiger partial charge in [-0.2, -0.15) is 0 Å². The Morgan fingerprint density at radius 2 is 1.55 bits per heavy atom. The topological polar surface area (TPSA) is 200 Å². The first-order valence-electron chi connectivity index (χ1n) is 17.5. The number of ether oxygens (including phenoxy) is 6. The zero-order valence-electron chi connectivity index (χ0n) is 31.1. The second kappa shape index (κ2) is 17.2. The number of carbonyl (C=O) groups is 1. The van der Waals surface area contributed by atoms with Gasteiger partial charge in [0.1, 0.15) is 31.0 Å². The van der Waals surface area contributed by atoms with Crippen molar-refractivity contribution in [3.8, 4) is 0 Å².